The fourth-order valence-electron chi connectivity index (χ4n) is 3.40. The van der Waals surface area contributed by atoms with Crippen LogP contribution in [0.4, 0.5) is 5.69 Å². The van der Waals surface area contributed by atoms with Crippen LogP contribution < -0.4 is 15.0 Å². The predicted octanol–water partition coefficient (Wildman–Crippen LogP) is 2.73. The Morgan fingerprint density at radius 1 is 1.11 bits per heavy atom. The van der Waals surface area contributed by atoms with E-state index in [0.29, 0.717) is 12.3 Å². The maximum atomic E-state index is 9.59. The van der Waals surface area contributed by atoms with Crippen LogP contribution in [0, 0.1) is 0 Å². The number of ether oxygens (including phenoxy) is 1. The summed E-state index contributed by atoms with van der Waals surface area (Å²) in [5.74, 6) is 2.16. The summed E-state index contributed by atoms with van der Waals surface area (Å²) in [4.78, 5) is 9.52. The zero-order valence-electron chi connectivity index (χ0n) is 16.8. The van der Waals surface area contributed by atoms with Crippen LogP contribution in [-0.2, 0) is 6.42 Å². The van der Waals surface area contributed by atoms with Gasteiger partial charge in [0.25, 0.3) is 0 Å². The highest BCUT2D eigenvalue weighted by Crippen LogP contribution is 2.20. The van der Waals surface area contributed by atoms with Gasteiger partial charge in [-0.3, -0.25) is 4.99 Å². The van der Waals surface area contributed by atoms with E-state index in [2.05, 4.69) is 34.2 Å². The Morgan fingerprint density at radius 3 is 2.50 bits per heavy atom. The number of rotatable bonds is 6. The minimum atomic E-state index is 0.308. The smallest absolute Gasteiger partial charge is 0.194 e. The average Bonchev–Trinajstić information content (AvgIpc) is 2.73. The average molecular weight is 383 g/mol. The van der Waals surface area contributed by atoms with Gasteiger partial charge in [0.1, 0.15) is 11.5 Å². The van der Waals surface area contributed by atoms with Crippen LogP contribution in [0.3, 0.4) is 0 Å². The second-order valence-corrected chi connectivity index (χ2v) is 6.83. The van der Waals surface area contributed by atoms with E-state index in [-0.39, 0.29) is 0 Å². The molecule has 0 atom stereocenters. The molecule has 1 aliphatic heterocycles. The van der Waals surface area contributed by atoms with Gasteiger partial charge in [0.05, 0.1) is 7.11 Å². The van der Waals surface area contributed by atoms with E-state index >= 15 is 0 Å². The summed E-state index contributed by atoms with van der Waals surface area (Å²) in [6.45, 7) is 7.44. The number of guanidine groups is 1. The van der Waals surface area contributed by atoms with Crippen LogP contribution in [0.15, 0.2) is 53.5 Å². The van der Waals surface area contributed by atoms with Crippen LogP contribution in [0.2, 0.25) is 0 Å². The second kappa shape index (κ2) is 9.88. The summed E-state index contributed by atoms with van der Waals surface area (Å²) in [6, 6.07) is 15.6. The van der Waals surface area contributed by atoms with Gasteiger partial charge in [-0.25, -0.2) is 0 Å². The Balaban J connectivity index is 1.55. The number of aromatic hydroxyl groups is 1. The van der Waals surface area contributed by atoms with E-state index in [4.69, 9.17) is 9.73 Å². The van der Waals surface area contributed by atoms with Gasteiger partial charge in [-0.05, 0) is 55.3 Å². The van der Waals surface area contributed by atoms with Gasteiger partial charge in [-0.1, -0.05) is 12.1 Å². The zero-order chi connectivity index (χ0) is 19.8. The molecule has 0 radical (unpaired) electrons. The SMILES string of the molecule is CCNC(=NCCc1cccc(O)c1)N1CCN(c2ccc(OC)cc2)CC1. The van der Waals surface area contributed by atoms with Crippen molar-refractivity contribution in [1.29, 1.82) is 0 Å². The van der Waals surface area contributed by atoms with Gasteiger partial charge in [0.2, 0.25) is 0 Å². The van der Waals surface area contributed by atoms with Gasteiger partial charge in [-0.15, -0.1) is 0 Å². The maximum absolute atomic E-state index is 9.59. The predicted molar refractivity (Wildman–Crippen MR) is 115 cm³/mol. The van der Waals surface area contributed by atoms with Gasteiger partial charge >= 0.3 is 0 Å². The summed E-state index contributed by atoms with van der Waals surface area (Å²) in [6.07, 6.45) is 0.815. The van der Waals surface area contributed by atoms with Crippen molar-refractivity contribution in [3.8, 4) is 11.5 Å². The third kappa shape index (κ3) is 5.31. The topological polar surface area (TPSA) is 60.3 Å². The third-order valence-electron chi connectivity index (χ3n) is 4.92. The number of benzene rings is 2. The number of piperazine rings is 1. The lowest BCUT2D eigenvalue weighted by atomic mass is 10.1. The van der Waals surface area contributed by atoms with Crippen molar-refractivity contribution >= 4 is 11.6 Å². The highest BCUT2D eigenvalue weighted by Gasteiger charge is 2.19. The molecule has 0 aromatic heterocycles. The monoisotopic (exact) mass is 382 g/mol. The number of phenols is 1. The van der Waals surface area contributed by atoms with Gasteiger partial charge < -0.3 is 25.0 Å². The van der Waals surface area contributed by atoms with Crippen molar-refractivity contribution in [3.05, 3.63) is 54.1 Å². The molecule has 0 spiro atoms. The number of phenolic OH excluding ortho intramolecular Hbond substituents is 1. The van der Waals surface area contributed by atoms with Crippen molar-refractivity contribution in [3.63, 3.8) is 0 Å². The van der Waals surface area contributed by atoms with Gasteiger partial charge in [0.15, 0.2) is 5.96 Å². The van der Waals surface area contributed by atoms with E-state index < -0.39 is 0 Å². The number of hydrogen-bond acceptors (Lipinski definition) is 4. The number of hydrogen-bond donors (Lipinski definition) is 2. The number of methoxy groups -OCH3 is 1. The van der Waals surface area contributed by atoms with Gasteiger partial charge in [0, 0.05) is 45.0 Å². The molecule has 1 aliphatic rings. The number of anilines is 1. The highest BCUT2D eigenvalue weighted by atomic mass is 16.5. The molecule has 28 heavy (non-hydrogen) atoms. The van der Waals surface area contributed by atoms with E-state index in [1.165, 1.54) is 5.69 Å². The summed E-state index contributed by atoms with van der Waals surface area (Å²) >= 11 is 0. The quantitative estimate of drug-likeness (QED) is 0.594. The van der Waals surface area contributed by atoms with Crippen molar-refractivity contribution in [2.75, 3.05) is 51.3 Å². The fourth-order valence-corrected chi connectivity index (χ4v) is 3.40. The number of nitrogens with zero attached hydrogens (tertiary/aromatic N) is 3. The first kappa shape index (κ1) is 19.9. The summed E-state index contributed by atoms with van der Waals surface area (Å²) < 4.78 is 5.24. The van der Waals surface area contributed by atoms with Crippen molar-refractivity contribution in [2.24, 2.45) is 4.99 Å². The molecule has 0 saturated carbocycles. The summed E-state index contributed by atoms with van der Waals surface area (Å²) in [5, 5.41) is 13.0. The van der Waals surface area contributed by atoms with Crippen LogP contribution in [0.25, 0.3) is 0 Å². The first-order chi connectivity index (χ1) is 13.7. The lowest BCUT2D eigenvalue weighted by molar-refractivity contribution is 0.372. The first-order valence-corrected chi connectivity index (χ1v) is 9.89. The van der Waals surface area contributed by atoms with E-state index in [9.17, 15) is 5.11 Å². The minimum Gasteiger partial charge on any atom is -0.508 e. The van der Waals surface area contributed by atoms with Crippen molar-refractivity contribution < 1.29 is 9.84 Å². The Hall–Kier alpha value is -2.89. The lowest BCUT2D eigenvalue weighted by Gasteiger charge is -2.37. The zero-order valence-corrected chi connectivity index (χ0v) is 16.8. The number of nitrogens with one attached hydrogen (secondary N) is 1. The Kier molecular flexibility index (Phi) is 7.00. The van der Waals surface area contributed by atoms with E-state index in [1.807, 2.05) is 24.3 Å². The van der Waals surface area contributed by atoms with Crippen molar-refractivity contribution in [2.45, 2.75) is 13.3 Å². The standard InChI is InChI=1S/C22H30N4O2/c1-3-23-22(24-12-11-18-5-4-6-20(27)17-18)26-15-13-25(14-16-26)19-7-9-21(28-2)10-8-19/h4-10,17,27H,3,11-16H2,1-2H3,(H,23,24). The molecule has 0 bridgehead atoms. The molecule has 0 aliphatic carbocycles. The van der Waals surface area contributed by atoms with Crippen LogP contribution >= 0.6 is 0 Å². The molecule has 6 nitrogen and oxygen atoms in total. The largest absolute Gasteiger partial charge is 0.508 e. The first-order valence-electron chi connectivity index (χ1n) is 9.89. The van der Waals surface area contributed by atoms with E-state index in [1.54, 1.807) is 19.2 Å². The molecule has 2 aromatic rings. The second-order valence-electron chi connectivity index (χ2n) is 6.83. The fraction of sp³-hybridized carbons (Fsp3) is 0.409. The summed E-state index contributed by atoms with van der Waals surface area (Å²) in [7, 11) is 1.69. The molecule has 1 fully saturated rings. The number of aliphatic imine (C=N–C) groups is 1. The normalized spacial score (nSPS) is 14.9. The highest BCUT2D eigenvalue weighted by molar-refractivity contribution is 5.80. The molecule has 0 unspecified atom stereocenters. The molecule has 2 aromatic carbocycles. The molecule has 3 rings (SSSR count). The van der Waals surface area contributed by atoms with Crippen LogP contribution in [0.1, 0.15) is 12.5 Å². The lowest BCUT2D eigenvalue weighted by Crippen LogP contribution is -2.52. The molecule has 150 valence electrons. The molecule has 1 heterocycles. The van der Waals surface area contributed by atoms with Crippen LogP contribution in [0.5, 0.6) is 11.5 Å². The Labute approximate surface area is 167 Å². The summed E-state index contributed by atoms with van der Waals surface area (Å²) in [5.41, 5.74) is 2.33. The van der Waals surface area contributed by atoms with Gasteiger partial charge in [-0.2, -0.15) is 0 Å². The molecule has 6 heteroatoms. The molecule has 1 saturated heterocycles. The Morgan fingerprint density at radius 2 is 1.86 bits per heavy atom. The minimum absolute atomic E-state index is 0.308. The van der Waals surface area contributed by atoms with Crippen LogP contribution in [-0.4, -0.2) is 62.3 Å². The maximum Gasteiger partial charge on any atom is 0.194 e. The van der Waals surface area contributed by atoms with E-state index in [0.717, 1.165) is 56.4 Å². The molecular weight excluding hydrogens is 352 g/mol. The van der Waals surface area contributed by atoms with Crippen molar-refractivity contribution in [1.82, 2.24) is 10.2 Å². The molecule has 0 amide bonds. The molecular formula is C22H30N4O2. The molecule has 2 N–H and O–H groups in total. The Bertz CT molecular complexity index is 768. The third-order valence-corrected chi connectivity index (χ3v) is 4.92.